The molecule has 172 valence electrons. The van der Waals surface area contributed by atoms with E-state index in [-0.39, 0.29) is 0 Å². The highest BCUT2D eigenvalue weighted by Crippen LogP contribution is 2.31. The van der Waals surface area contributed by atoms with E-state index in [0.29, 0.717) is 0 Å². The summed E-state index contributed by atoms with van der Waals surface area (Å²) in [6.45, 7) is 3.35. The normalized spacial score (nSPS) is 10.9. The van der Waals surface area contributed by atoms with E-state index in [1.807, 2.05) is 24.3 Å². The van der Waals surface area contributed by atoms with Crippen LogP contribution in [0.1, 0.15) is 108 Å². The maximum absolute atomic E-state index is 9.05. The topological polar surface area (TPSA) is 51.5 Å². The van der Waals surface area contributed by atoms with Crippen molar-refractivity contribution < 1.29 is 4.57 Å². The van der Waals surface area contributed by atoms with Crippen molar-refractivity contribution in [3.63, 3.8) is 0 Å². The first kappa shape index (κ1) is 26.1. The lowest BCUT2D eigenvalue weighted by Crippen LogP contribution is -2.32. The Bertz CT molecular complexity index is 812. The van der Waals surface area contributed by atoms with Gasteiger partial charge in [0.05, 0.1) is 12.1 Å². The second kappa shape index (κ2) is 16.5. The van der Waals surface area contributed by atoms with Gasteiger partial charge in [-0.15, -0.1) is 11.3 Å². The third kappa shape index (κ3) is 9.97. The van der Waals surface area contributed by atoms with Gasteiger partial charge in [0.1, 0.15) is 6.54 Å². The largest absolute Gasteiger partial charge is 0.205 e. The van der Waals surface area contributed by atoms with E-state index >= 15 is 0 Å². The number of pyridine rings is 1. The molecule has 0 aromatic carbocycles. The van der Waals surface area contributed by atoms with Gasteiger partial charge in [0.25, 0.3) is 0 Å². The molecule has 0 fully saturated rings. The predicted molar refractivity (Wildman–Crippen MR) is 134 cm³/mol. The standard InChI is InChI=1S/C28H40N3S/c1-2-3-4-5-6-7-8-9-10-11-12-13-14-15-20-31-21-18-25(19-22-31)27-16-17-28(32-27)26(23-29)24-30/h16-19,21-22,26H,2-15,20H2,1H3/q+1. The van der Waals surface area contributed by atoms with Crippen LogP contribution in [-0.2, 0) is 6.54 Å². The molecule has 0 N–H and O–H groups in total. The Labute approximate surface area is 199 Å². The molecule has 0 amide bonds. The van der Waals surface area contributed by atoms with Crippen molar-refractivity contribution in [2.24, 2.45) is 0 Å². The van der Waals surface area contributed by atoms with E-state index in [1.165, 1.54) is 101 Å². The van der Waals surface area contributed by atoms with Crippen molar-refractivity contribution in [1.82, 2.24) is 0 Å². The van der Waals surface area contributed by atoms with Crippen LogP contribution in [0.3, 0.4) is 0 Å². The zero-order valence-corrected chi connectivity index (χ0v) is 20.7. The monoisotopic (exact) mass is 450 g/mol. The van der Waals surface area contributed by atoms with Gasteiger partial charge in [-0.1, -0.05) is 84.0 Å². The lowest BCUT2D eigenvalue weighted by atomic mass is 10.0. The molecule has 2 aromatic heterocycles. The number of aromatic nitrogens is 1. The molecule has 0 aliphatic rings. The molecule has 4 heteroatoms. The smallest absolute Gasteiger partial charge is 0.169 e. The Morgan fingerprint density at radius 3 is 1.72 bits per heavy atom. The molecular formula is C28H40N3S+. The summed E-state index contributed by atoms with van der Waals surface area (Å²) < 4.78 is 2.26. The summed E-state index contributed by atoms with van der Waals surface area (Å²) in [6.07, 6.45) is 23.7. The van der Waals surface area contributed by atoms with Crippen LogP contribution >= 0.6 is 11.3 Å². The van der Waals surface area contributed by atoms with Gasteiger partial charge in [-0.05, 0) is 18.6 Å². The van der Waals surface area contributed by atoms with Crippen molar-refractivity contribution >= 4 is 11.3 Å². The Balaban J connectivity index is 1.52. The highest BCUT2D eigenvalue weighted by molar-refractivity contribution is 7.15. The van der Waals surface area contributed by atoms with Gasteiger partial charge in [-0.2, -0.15) is 10.5 Å². The van der Waals surface area contributed by atoms with E-state index in [4.69, 9.17) is 10.5 Å². The Morgan fingerprint density at radius 2 is 1.22 bits per heavy atom. The minimum atomic E-state index is -0.664. The average molecular weight is 451 g/mol. The summed E-state index contributed by atoms with van der Waals surface area (Å²) in [5, 5.41) is 18.1. The molecule has 2 rings (SSSR count). The van der Waals surface area contributed by atoms with Crippen LogP contribution in [0.5, 0.6) is 0 Å². The summed E-state index contributed by atoms with van der Waals surface area (Å²) in [5.41, 5.74) is 1.15. The van der Waals surface area contributed by atoms with Gasteiger partial charge in [0.15, 0.2) is 18.3 Å². The van der Waals surface area contributed by atoms with Crippen LogP contribution in [0.2, 0.25) is 0 Å². The van der Waals surface area contributed by atoms with E-state index in [9.17, 15) is 0 Å². The number of hydrogen-bond donors (Lipinski definition) is 0. The van der Waals surface area contributed by atoms with Crippen molar-refractivity contribution in [3.05, 3.63) is 41.5 Å². The molecule has 0 aliphatic heterocycles. The first-order chi connectivity index (χ1) is 15.8. The van der Waals surface area contributed by atoms with Gasteiger partial charge in [-0.3, -0.25) is 0 Å². The minimum Gasteiger partial charge on any atom is -0.205 e. The summed E-state index contributed by atoms with van der Waals surface area (Å²) in [7, 11) is 0. The SMILES string of the molecule is CCCCCCCCCCCCCCCC[n+]1ccc(-c2ccc(C(C#N)C#N)s2)cc1. The maximum atomic E-state index is 9.05. The molecule has 32 heavy (non-hydrogen) atoms. The summed E-state index contributed by atoms with van der Waals surface area (Å²) in [6, 6.07) is 12.3. The third-order valence-corrected chi connectivity index (χ3v) is 7.31. The van der Waals surface area contributed by atoms with Crippen LogP contribution in [-0.4, -0.2) is 0 Å². The number of nitriles is 2. The van der Waals surface area contributed by atoms with Crippen molar-refractivity contribution in [2.45, 2.75) is 109 Å². The first-order valence-electron chi connectivity index (χ1n) is 12.7. The lowest BCUT2D eigenvalue weighted by Gasteiger charge is -2.03. The van der Waals surface area contributed by atoms with E-state index < -0.39 is 5.92 Å². The molecule has 2 heterocycles. The van der Waals surface area contributed by atoms with Crippen LogP contribution in [0.15, 0.2) is 36.7 Å². The fourth-order valence-electron chi connectivity index (χ4n) is 4.08. The number of unbranched alkanes of at least 4 members (excludes halogenated alkanes) is 13. The fourth-order valence-corrected chi connectivity index (χ4v) is 5.08. The molecule has 0 bridgehead atoms. The summed E-state index contributed by atoms with van der Waals surface area (Å²) in [4.78, 5) is 1.93. The molecule has 0 saturated carbocycles. The van der Waals surface area contributed by atoms with Gasteiger partial charge >= 0.3 is 0 Å². The van der Waals surface area contributed by atoms with E-state index in [0.717, 1.165) is 21.9 Å². The molecule has 3 nitrogen and oxygen atoms in total. The fraction of sp³-hybridized carbons (Fsp3) is 0.607. The minimum absolute atomic E-state index is 0.664. The maximum Gasteiger partial charge on any atom is 0.169 e. The predicted octanol–water partition coefficient (Wildman–Crippen LogP) is 8.31. The first-order valence-corrected chi connectivity index (χ1v) is 13.5. The molecular weight excluding hydrogens is 410 g/mol. The van der Waals surface area contributed by atoms with Crippen molar-refractivity contribution in [3.8, 4) is 22.6 Å². The third-order valence-electron chi connectivity index (χ3n) is 6.12. The van der Waals surface area contributed by atoms with E-state index in [2.05, 4.69) is 36.0 Å². The molecule has 0 aliphatic carbocycles. The van der Waals surface area contributed by atoms with Gasteiger partial charge in [0, 0.05) is 33.9 Å². The Hall–Kier alpha value is -2.17. The second-order valence-corrected chi connectivity index (χ2v) is 9.93. The van der Waals surface area contributed by atoms with Crippen molar-refractivity contribution in [1.29, 1.82) is 10.5 Å². The lowest BCUT2D eigenvalue weighted by molar-refractivity contribution is -0.697. The van der Waals surface area contributed by atoms with Crippen molar-refractivity contribution in [2.75, 3.05) is 0 Å². The van der Waals surface area contributed by atoms with Gasteiger partial charge in [-0.25, -0.2) is 4.57 Å². The highest BCUT2D eigenvalue weighted by Gasteiger charge is 2.13. The zero-order valence-electron chi connectivity index (χ0n) is 19.9. The number of thiophene rings is 1. The van der Waals surface area contributed by atoms with Crippen LogP contribution < -0.4 is 4.57 Å². The molecule has 2 aromatic rings. The molecule has 0 unspecified atom stereocenters. The van der Waals surface area contributed by atoms with Gasteiger partial charge in [0.2, 0.25) is 0 Å². The number of aryl methyl sites for hydroxylation is 1. The second-order valence-electron chi connectivity index (χ2n) is 8.81. The van der Waals surface area contributed by atoms with E-state index in [1.54, 1.807) is 0 Å². The summed E-state index contributed by atoms with van der Waals surface area (Å²) in [5.74, 6) is -0.664. The highest BCUT2D eigenvalue weighted by atomic mass is 32.1. The quantitative estimate of drug-likeness (QED) is 0.180. The summed E-state index contributed by atoms with van der Waals surface area (Å²) >= 11 is 1.53. The van der Waals surface area contributed by atoms with Crippen LogP contribution in [0.25, 0.3) is 10.4 Å². The molecule has 0 spiro atoms. The number of nitrogens with zero attached hydrogens (tertiary/aromatic N) is 3. The molecule has 0 atom stereocenters. The zero-order chi connectivity index (χ0) is 22.9. The van der Waals surface area contributed by atoms with Gasteiger partial charge < -0.3 is 0 Å². The number of rotatable bonds is 17. The average Bonchev–Trinajstić information content (AvgIpc) is 3.30. The molecule has 0 saturated heterocycles. The molecule has 0 radical (unpaired) electrons. The number of hydrogen-bond acceptors (Lipinski definition) is 3. The van der Waals surface area contributed by atoms with Crippen LogP contribution in [0.4, 0.5) is 0 Å². The Kier molecular flexibility index (Phi) is 13.4. The Morgan fingerprint density at radius 1 is 0.719 bits per heavy atom. The van der Waals surface area contributed by atoms with Crippen LogP contribution in [0, 0.1) is 22.7 Å².